The van der Waals surface area contributed by atoms with Gasteiger partial charge in [0.25, 0.3) is 0 Å². The standard InChI is InChI=1S/C15H13N3OS/c1-11(12-7-3-2-4-8-12)20-15(19)13-9-5-6-10-14(13)17-18-16/h2-11H,1H3. The van der Waals surface area contributed by atoms with Crippen molar-refractivity contribution in [2.75, 3.05) is 0 Å². The molecule has 0 bridgehead atoms. The summed E-state index contributed by atoms with van der Waals surface area (Å²) in [6, 6.07) is 16.6. The average Bonchev–Trinajstić information content (AvgIpc) is 2.49. The number of hydrogen-bond acceptors (Lipinski definition) is 3. The summed E-state index contributed by atoms with van der Waals surface area (Å²) in [7, 11) is 0. The van der Waals surface area contributed by atoms with Gasteiger partial charge in [-0.25, -0.2) is 0 Å². The molecule has 1 atom stereocenters. The summed E-state index contributed by atoms with van der Waals surface area (Å²) < 4.78 is 0. The number of benzene rings is 2. The third-order valence-electron chi connectivity index (χ3n) is 2.83. The van der Waals surface area contributed by atoms with Crippen LogP contribution in [0.5, 0.6) is 0 Å². The molecule has 20 heavy (non-hydrogen) atoms. The van der Waals surface area contributed by atoms with Crippen LogP contribution >= 0.6 is 11.8 Å². The minimum absolute atomic E-state index is 0.0443. The zero-order valence-electron chi connectivity index (χ0n) is 10.9. The fraction of sp³-hybridized carbons (Fsp3) is 0.133. The van der Waals surface area contributed by atoms with Gasteiger partial charge >= 0.3 is 0 Å². The molecule has 5 heteroatoms. The van der Waals surface area contributed by atoms with Crippen molar-refractivity contribution in [2.24, 2.45) is 5.11 Å². The molecule has 0 saturated heterocycles. The first-order valence-electron chi connectivity index (χ1n) is 6.12. The molecule has 0 aromatic heterocycles. The second-order valence-electron chi connectivity index (χ2n) is 4.16. The molecule has 2 aromatic rings. The van der Waals surface area contributed by atoms with E-state index in [0.717, 1.165) is 5.56 Å². The Morgan fingerprint density at radius 2 is 1.80 bits per heavy atom. The molecule has 0 aliphatic carbocycles. The predicted octanol–water partition coefficient (Wildman–Crippen LogP) is 5.26. The van der Waals surface area contributed by atoms with E-state index < -0.39 is 0 Å². The van der Waals surface area contributed by atoms with E-state index in [2.05, 4.69) is 10.0 Å². The quantitative estimate of drug-likeness (QED) is 0.436. The molecule has 1 unspecified atom stereocenters. The van der Waals surface area contributed by atoms with Gasteiger partial charge in [-0.2, -0.15) is 0 Å². The highest BCUT2D eigenvalue weighted by Gasteiger charge is 2.15. The zero-order chi connectivity index (χ0) is 14.4. The van der Waals surface area contributed by atoms with Crippen LogP contribution in [-0.2, 0) is 0 Å². The topological polar surface area (TPSA) is 65.8 Å². The highest BCUT2D eigenvalue weighted by molar-refractivity contribution is 8.14. The predicted molar refractivity (Wildman–Crippen MR) is 82.0 cm³/mol. The number of nitrogens with zero attached hydrogens (tertiary/aromatic N) is 3. The largest absolute Gasteiger partial charge is 0.282 e. The first-order chi connectivity index (χ1) is 9.72. The van der Waals surface area contributed by atoms with Gasteiger partial charge in [-0.15, -0.1) is 0 Å². The molecule has 0 amide bonds. The SMILES string of the molecule is CC(SC(=O)c1ccccc1N=[N+]=[N-])c1ccccc1. The summed E-state index contributed by atoms with van der Waals surface area (Å²) in [6.07, 6.45) is 0. The molecule has 0 aliphatic heterocycles. The van der Waals surface area contributed by atoms with E-state index in [4.69, 9.17) is 5.53 Å². The van der Waals surface area contributed by atoms with Gasteiger partial charge in [0, 0.05) is 21.4 Å². The third-order valence-corrected chi connectivity index (χ3v) is 3.89. The van der Waals surface area contributed by atoms with Crippen molar-refractivity contribution in [1.29, 1.82) is 0 Å². The van der Waals surface area contributed by atoms with Gasteiger partial charge in [0.05, 0.1) is 0 Å². The Bertz CT molecular complexity index is 651. The van der Waals surface area contributed by atoms with Crippen LogP contribution in [0.1, 0.15) is 28.1 Å². The molecular formula is C15H13N3OS. The number of carbonyl (C=O) groups is 1. The first kappa shape index (κ1) is 14.2. The Morgan fingerprint density at radius 1 is 1.15 bits per heavy atom. The van der Waals surface area contributed by atoms with Gasteiger partial charge < -0.3 is 0 Å². The van der Waals surface area contributed by atoms with E-state index in [1.807, 2.05) is 37.3 Å². The molecule has 0 N–H and O–H groups in total. The van der Waals surface area contributed by atoms with Crippen LogP contribution in [0.4, 0.5) is 5.69 Å². The Hall–Kier alpha value is -2.23. The molecule has 0 fully saturated rings. The van der Waals surface area contributed by atoms with E-state index in [1.165, 1.54) is 11.8 Å². The van der Waals surface area contributed by atoms with Crippen molar-refractivity contribution in [3.63, 3.8) is 0 Å². The van der Waals surface area contributed by atoms with Crippen molar-refractivity contribution in [2.45, 2.75) is 12.2 Å². The Morgan fingerprint density at radius 3 is 2.50 bits per heavy atom. The fourth-order valence-corrected chi connectivity index (χ4v) is 2.71. The molecule has 0 heterocycles. The van der Waals surface area contributed by atoms with Crippen molar-refractivity contribution in [1.82, 2.24) is 0 Å². The van der Waals surface area contributed by atoms with Crippen LogP contribution in [-0.4, -0.2) is 5.12 Å². The fourth-order valence-electron chi connectivity index (χ4n) is 1.80. The van der Waals surface area contributed by atoms with Crippen molar-refractivity contribution < 1.29 is 4.79 Å². The maximum atomic E-state index is 12.3. The second-order valence-corrected chi connectivity index (χ2v) is 5.48. The summed E-state index contributed by atoms with van der Waals surface area (Å²) in [4.78, 5) is 15.1. The minimum atomic E-state index is -0.0932. The van der Waals surface area contributed by atoms with E-state index in [1.54, 1.807) is 24.3 Å². The van der Waals surface area contributed by atoms with Crippen LogP contribution in [0.25, 0.3) is 10.4 Å². The molecule has 2 rings (SSSR count). The first-order valence-corrected chi connectivity index (χ1v) is 7.00. The Balaban J connectivity index is 2.19. The monoisotopic (exact) mass is 283 g/mol. The molecule has 0 aliphatic rings. The van der Waals surface area contributed by atoms with Crippen LogP contribution in [0.3, 0.4) is 0 Å². The smallest absolute Gasteiger partial charge is 0.220 e. The van der Waals surface area contributed by atoms with Gasteiger partial charge in [-0.3, -0.25) is 4.79 Å². The lowest BCUT2D eigenvalue weighted by molar-refractivity contribution is 0.108. The number of rotatable bonds is 4. The average molecular weight is 283 g/mol. The minimum Gasteiger partial charge on any atom is -0.282 e. The normalized spacial score (nSPS) is 11.4. The number of carbonyl (C=O) groups excluding carboxylic acids is 1. The number of thioether (sulfide) groups is 1. The summed E-state index contributed by atoms with van der Waals surface area (Å²) in [6.45, 7) is 1.98. The molecule has 100 valence electrons. The number of hydrogen-bond donors (Lipinski definition) is 0. The lowest BCUT2D eigenvalue weighted by Gasteiger charge is -2.11. The summed E-state index contributed by atoms with van der Waals surface area (Å²) in [5.74, 6) is 0. The molecular weight excluding hydrogens is 270 g/mol. The molecule has 0 spiro atoms. The van der Waals surface area contributed by atoms with E-state index in [9.17, 15) is 4.79 Å². The third kappa shape index (κ3) is 3.41. The van der Waals surface area contributed by atoms with Crippen LogP contribution < -0.4 is 0 Å². The van der Waals surface area contributed by atoms with Gasteiger partial charge in [0.2, 0.25) is 5.12 Å². The zero-order valence-corrected chi connectivity index (χ0v) is 11.7. The van der Waals surface area contributed by atoms with Gasteiger partial charge in [-0.05, 0) is 18.0 Å². The second kappa shape index (κ2) is 6.80. The molecule has 0 saturated carbocycles. The molecule has 0 radical (unpaired) electrons. The molecule has 4 nitrogen and oxygen atoms in total. The highest BCUT2D eigenvalue weighted by Crippen LogP contribution is 2.33. The van der Waals surface area contributed by atoms with Gasteiger partial charge in [-0.1, -0.05) is 71.5 Å². The van der Waals surface area contributed by atoms with Gasteiger partial charge in [0.1, 0.15) is 0 Å². The summed E-state index contributed by atoms with van der Waals surface area (Å²) >= 11 is 1.22. The Labute approximate surface area is 121 Å². The number of azide groups is 1. The van der Waals surface area contributed by atoms with E-state index in [0.29, 0.717) is 11.3 Å². The lowest BCUT2D eigenvalue weighted by Crippen LogP contribution is -1.98. The van der Waals surface area contributed by atoms with Crippen LogP contribution in [0, 0.1) is 0 Å². The van der Waals surface area contributed by atoms with Crippen LogP contribution in [0.15, 0.2) is 59.7 Å². The lowest BCUT2D eigenvalue weighted by atomic mass is 10.2. The molecule has 2 aromatic carbocycles. The van der Waals surface area contributed by atoms with Crippen LogP contribution in [0.2, 0.25) is 0 Å². The van der Waals surface area contributed by atoms with Crippen molar-refractivity contribution in [3.8, 4) is 0 Å². The highest BCUT2D eigenvalue weighted by atomic mass is 32.2. The maximum absolute atomic E-state index is 12.3. The van der Waals surface area contributed by atoms with Gasteiger partial charge in [0.15, 0.2) is 0 Å². The maximum Gasteiger partial charge on any atom is 0.220 e. The van der Waals surface area contributed by atoms with Crippen molar-refractivity contribution >= 4 is 22.6 Å². The summed E-state index contributed by atoms with van der Waals surface area (Å²) in [5, 5.41) is 3.51. The Kier molecular flexibility index (Phi) is 4.82. The van der Waals surface area contributed by atoms with Crippen molar-refractivity contribution in [3.05, 3.63) is 76.2 Å². The van der Waals surface area contributed by atoms with E-state index >= 15 is 0 Å². The van der Waals surface area contributed by atoms with E-state index in [-0.39, 0.29) is 10.4 Å². The summed E-state index contributed by atoms with van der Waals surface area (Å²) in [5.41, 5.74) is 10.4.